The van der Waals surface area contributed by atoms with Crippen LogP contribution in [0.2, 0.25) is 0 Å². The first kappa shape index (κ1) is 27.9. The molecule has 7 nitrogen and oxygen atoms in total. The summed E-state index contributed by atoms with van der Waals surface area (Å²) in [5.41, 5.74) is 3.01. The zero-order valence-electron chi connectivity index (χ0n) is 20.6. The van der Waals surface area contributed by atoms with Crippen molar-refractivity contribution in [3.8, 4) is 0 Å². The lowest BCUT2D eigenvalue weighted by Crippen LogP contribution is -2.52. The van der Waals surface area contributed by atoms with Crippen LogP contribution in [0.25, 0.3) is 0 Å². The van der Waals surface area contributed by atoms with E-state index >= 15 is 0 Å². The molecule has 0 saturated carbocycles. The number of carbonyl (C=O) groups is 2. The summed E-state index contributed by atoms with van der Waals surface area (Å²) in [7, 11) is -3.75. The topological polar surface area (TPSA) is 86.8 Å². The van der Waals surface area contributed by atoms with Gasteiger partial charge in [-0.2, -0.15) is 0 Å². The van der Waals surface area contributed by atoms with Crippen LogP contribution in [-0.4, -0.2) is 50.0 Å². The first-order valence-electron chi connectivity index (χ1n) is 11.2. The van der Waals surface area contributed by atoms with Crippen LogP contribution in [0.4, 0.5) is 5.69 Å². The number of hydrogen-bond donors (Lipinski definition) is 1. The van der Waals surface area contributed by atoms with Crippen LogP contribution >= 0.6 is 15.9 Å². The Morgan fingerprint density at radius 2 is 1.76 bits per heavy atom. The van der Waals surface area contributed by atoms with E-state index < -0.39 is 28.5 Å². The molecule has 0 spiro atoms. The largest absolute Gasteiger partial charge is 0.352 e. The van der Waals surface area contributed by atoms with Gasteiger partial charge in [0, 0.05) is 17.1 Å². The molecule has 0 bridgehead atoms. The SMILES string of the molecule is CC[C@H](C)NC(=O)[C@@H](C)N(Cc1cccc(Br)c1)C(=O)CN(c1ccc(C)cc1C)S(C)(=O)=O. The Morgan fingerprint density at radius 1 is 1.09 bits per heavy atom. The minimum atomic E-state index is -3.75. The van der Waals surface area contributed by atoms with E-state index in [1.165, 1.54) is 4.90 Å². The maximum Gasteiger partial charge on any atom is 0.244 e. The summed E-state index contributed by atoms with van der Waals surface area (Å²) < 4.78 is 27.3. The van der Waals surface area contributed by atoms with Gasteiger partial charge in [-0.25, -0.2) is 8.42 Å². The molecule has 2 atom stereocenters. The van der Waals surface area contributed by atoms with E-state index in [0.717, 1.165) is 38.1 Å². The molecule has 0 aliphatic rings. The predicted molar refractivity (Wildman–Crippen MR) is 140 cm³/mol. The second-order valence-electron chi connectivity index (χ2n) is 8.70. The van der Waals surface area contributed by atoms with Crippen molar-refractivity contribution in [2.24, 2.45) is 0 Å². The maximum absolute atomic E-state index is 13.6. The van der Waals surface area contributed by atoms with E-state index in [1.54, 1.807) is 13.0 Å². The zero-order valence-corrected chi connectivity index (χ0v) is 23.0. The zero-order chi connectivity index (χ0) is 25.6. The molecule has 0 aliphatic carbocycles. The number of benzene rings is 2. The molecular weight excluding hydrogens is 518 g/mol. The normalized spacial score (nSPS) is 13.1. The lowest BCUT2D eigenvalue weighted by Gasteiger charge is -2.32. The van der Waals surface area contributed by atoms with Gasteiger partial charge in [-0.15, -0.1) is 0 Å². The third-order valence-corrected chi connectivity index (χ3v) is 7.33. The van der Waals surface area contributed by atoms with E-state index in [9.17, 15) is 18.0 Å². The molecular formula is C25H34BrN3O4S. The highest BCUT2D eigenvalue weighted by atomic mass is 79.9. The maximum atomic E-state index is 13.6. The fraction of sp³-hybridized carbons (Fsp3) is 0.440. The molecule has 2 aromatic rings. The quantitative estimate of drug-likeness (QED) is 0.480. The molecule has 0 saturated heterocycles. The summed E-state index contributed by atoms with van der Waals surface area (Å²) in [5, 5.41) is 2.92. The second kappa shape index (κ2) is 11.8. The van der Waals surface area contributed by atoms with Gasteiger partial charge in [0.05, 0.1) is 11.9 Å². The molecule has 0 heterocycles. The molecule has 9 heteroatoms. The standard InChI is InChI=1S/C25H34BrN3O4S/c1-7-19(4)27-25(31)20(5)28(15-21-9-8-10-22(26)14-21)24(30)16-29(34(6,32)33)23-12-11-17(2)13-18(23)3/h8-14,19-20H,7,15-16H2,1-6H3,(H,27,31)/t19-,20+/m0/s1. The molecule has 2 amide bonds. The van der Waals surface area contributed by atoms with Gasteiger partial charge in [-0.3, -0.25) is 13.9 Å². The fourth-order valence-corrected chi connectivity index (χ4v) is 4.91. The molecule has 0 unspecified atom stereocenters. The van der Waals surface area contributed by atoms with Gasteiger partial charge < -0.3 is 10.2 Å². The average molecular weight is 553 g/mol. The van der Waals surface area contributed by atoms with Crippen LogP contribution in [0.1, 0.15) is 43.9 Å². The highest BCUT2D eigenvalue weighted by Crippen LogP contribution is 2.24. The van der Waals surface area contributed by atoms with Gasteiger partial charge in [0.2, 0.25) is 21.8 Å². The summed E-state index contributed by atoms with van der Waals surface area (Å²) in [5.74, 6) is -0.743. The van der Waals surface area contributed by atoms with E-state index in [2.05, 4.69) is 21.2 Å². The molecule has 0 fully saturated rings. The predicted octanol–water partition coefficient (Wildman–Crippen LogP) is 4.16. The lowest BCUT2D eigenvalue weighted by atomic mass is 10.1. The number of anilines is 1. The third kappa shape index (κ3) is 7.56. The van der Waals surface area contributed by atoms with Gasteiger partial charge in [0.15, 0.2) is 0 Å². The van der Waals surface area contributed by atoms with E-state index in [-0.39, 0.29) is 18.5 Å². The molecule has 2 rings (SSSR count). The van der Waals surface area contributed by atoms with Crippen LogP contribution in [-0.2, 0) is 26.2 Å². The smallest absolute Gasteiger partial charge is 0.244 e. The van der Waals surface area contributed by atoms with Crippen LogP contribution in [0, 0.1) is 13.8 Å². The Bertz CT molecular complexity index is 1140. The average Bonchev–Trinajstić information content (AvgIpc) is 2.74. The van der Waals surface area contributed by atoms with Crippen molar-refractivity contribution in [1.82, 2.24) is 10.2 Å². The third-order valence-electron chi connectivity index (χ3n) is 5.71. The van der Waals surface area contributed by atoms with E-state index in [4.69, 9.17) is 0 Å². The van der Waals surface area contributed by atoms with Crippen molar-refractivity contribution in [2.45, 2.75) is 59.7 Å². The van der Waals surface area contributed by atoms with Crippen molar-refractivity contribution in [2.75, 3.05) is 17.1 Å². The number of halogens is 1. The van der Waals surface area contributed by atoms with Crippen LogP contribution in [0.15, 0.2) is 46.9 Å². The Hall–Kier alpha value is -2.39. The van der Waals surface area contributed by atoms with E-state index in [1.807, 2.05) is 64.1 Å². The number of nitrogens with zero attached hydrogens (tertiary/aromatic N) is 2. The molecule has 0 aliphatic heterocycles. The number of amides is 2. The van der Waals surface area contributed by atoms with Crippen LogP contribution < -0.4 is 9.62 Å². The summed E-state index contributed by atoms with van der Waals surface area (Å²) in [6.45, 7) is 9.02. The minimum absolute atomic E-state index is 0.0412. The highest BCUT2D eigenvalue weighted by Gasteiger charge is 2.31. The van der Waals surface area contributed by atoms with Crippen molar-refractivity contribution < 1.29 is 18.0 Å². The molecule has 0 radical (unpaired) electrons. The van der Waals surface area contributed by atoms with Gasteiger partial charge in [-0.1, -0.05) is 52.7 Å². The monoisotopic (exact) mass is 551 g/mol. The minimum Gasteiger partial charge on any atom is -0.352 e. The molecule has 2 aromatic carbocycles. The Kier molecular flexibility index (Phi) is 9.70. The Morgan fingerprint density at radius 3 is 2.32 bits per heavy atom. The Balaban J connectivity index is 2.42. The van der Waals surface area contributed by atoms with Crippen molar-refractivity contribution in [3.63, 3.8) is 0 Å². The first-order chi connectivity index (χ1) is 15.8. The van der Waals surface area contributed by atoms with Gasteiger partial charge in [-0.05, 0) is 63.4 Å². The molecule has 1 N–H and O–H groups in total. The fourth-order valence-electron chi connectivity index (χ4n) is 3.56. The number of nitrogens with one attached hydrogen (secondary N) is 1. The summed E-state index contributed by atoms with van der Waals surface area (Å²) in [4.78, 5) is 27.9. The molecule has 34 heavy (non-hydrogen) atoms. The highest BCUT2D eigenvalue weighted by molar-refractivity contribution is 9.10. The number of carbonyl (C=O) groups excluding carboxylic acids is 2. The van der Waals surface area contributed by atoms with Crippen molar-refractivity contribution in [3.05, 3.63) is 63.6 Å². The van der Waals surface area contributed by atoms with Crippen molar-refractivity contribution >= 4 is 43.5 Å². The van der Waals surface area contributed by atoms with Gasteiger partial charge >= 0.3 is 0 Å². The van der Waals surface area contributed by atoms with Gasteiger partial charge in [0.1, 0.15) is 12.6 Å². The first-order valence-corrected chi connectivity index (χ1v) is 13.9. The molecule has 0 aromatic heterocycles. The molecule has 186 valence electrons. The van der Waals surface area contributed by atoms with E-state index in [0.29, 0.717) is 5.69 Å². The van der Waals surface area contributed by atoms with Crippen molar-refractivity contribution in [1.29, 1.82) is 0 Å². The summed E-state index contributed by atoms with van der Waals surface area (Å²) >= 11 is 3.44. The van der Waals surface area contributed by atoms with Crippen LogP contribution in [0.5, 0.6) is 0 Å². The van der Waals surface area contributed by atoms with Crippen LogP contribution in [0.3, 0.4) is 0 Å². The number of sulfonamides is 1. The Labute approximate surface area is 211 Å². The number of hydrogen-bond acceptors (Lipinski definition) is 4. The number of rotatable bonds is 10. The summed E-state index contributed by atoms with van der Waals surface area (Å²) in [6.07, 6.45) is 1.84. The van der Waals surface area contributed by atoms with Gasteiger partial charge in [0.25, 0.3) is 0 Å². The number of aryl methyl sites for hydroxylation is 2. The summed E-state index contributed by atoms with van der Waals surface area (Å²) in [6, 6.07) is 12.0. The second-order valence-corrected chi connectivity index (χ2v) is 11.5. The lowest BCUT2D eigenvalue weighted by molar-refractivity contribution is -0.139.